The lowest BCUT2D eigenvalue weighted by atomic mass is 9.62. The molecule has 1 amide bonds. The number of alkyl halides is 1. The van der Waals surface area contributed by atoms with Crippen molar-refractivity contribution in [1.29, 1.82) is 0 Å². The number of aromatic nitrogens is 3. The molecule has 1 aliphatic carbocycles. The van der Waals surface area contributed by atoms with Crippen molar-refractivity contribution in [3.05, 3.63) is 76.7 Å². The highest BCUT2D eigenvalue weighted by Gasteiger charge is 2.48. The van der Waals surface area contributed by atoms with E-state index in [1.807, 2.05) is 0 Å². The summed E-state index contributed by atoms with van der Waals surface area (Å²) in [6.45, 7) is 1.60. The van der Waals surface area contributed by atoms with Gasteiger partial charge >= 0.3 is 0 Å². The number of pyridine rings is 1. The van der Waals surface area contributed by atoms with E-state index in [4.69, 9.17) is 5.73 Å². The molecule has 2 heterocycles. The van der Waals surface area contributed by atoms with E-state index in [1.54, 1.807) is 19.1 Å². The lowest BCUT2D eigenvalue weighted by molar-refractivity contribution is 0.0794. The molecule has 0 unspecified atom stereocenters. The largest absolute Gasteiger partial charge is 0.366 e. The summed E-state index contributed by atoms with van der Waals surface area (Å²) in [6, 6.07) is 8.75. The Morgan fingerprint density at radius 2 is 1.94 bits per heavy atom. The average Bonchev–Trinajstić information content (AvgIpc) is 2.71. The maximum absolute atomic E-state index is 14.4. The van der Waals surface area contributed by atoms with Gasteiger partial charge in [0.15, 0.2) is 0 Å². The summed E-state index contributed by atoms with van der Waals surface area (Å²) in [5, 5.41) is 8.23. The van der Waals surface area contributed by atoms with Crippen molar-refractivity contribution in [2.24, 2.45) is 5.73 Å². The van der Waals surface area contributed by atoms with Crippen LogP contribution < -0.4 is 5.73 Å². The average molecular weight is 426 g/mol. The Morgan fingerprint density at radius 1 is 1.16 bits per heavy atom. The molecule has 1 fully saturated rings. The minimum absolute atomic E-state index is 0.129. The number of hydrogen-bond acceptors (Lipinski definition) is 4. The molecule has 3 aromatic rings. The molecular weight excluding hydrogens is 405 g/mol. The van der Waals surface area contributed by atoms with Gasteiger partial charge in [0.2, 0.25) is 5.91 Å². The summed E-state index contributed by atoms with van der Waals surface area (Å²) in [7, 11) is 0. The standard InChI is InChI=1S/C23H21F3N4O/c1-13-9-19(26)17(10-16(13)22(27)31)20-5-4-15(29-30-20)6-7-23(11-14(24)12-23)21-18(25)3-2-8-28-21/h2-5,8-10,14H,6-7,11-12H2,1H3,(H2,27,31)/t14-,23-. The summed E-state index contributed by atoms with van der Waals surface area (Å²) in [6.07, 6.45) is 1.89. The van der Waals surface area contributed by atoms with E-state index in [-0.39, 0.29) is 35.4 Å². The Labute approximate surface area is 177 Å². The van der Waals surface area contributed by atoms with Crippen LogP contribution in [0.1, 0.15) is 46.6 Å². The molecule has 2 aromatic heterocycles. The SMILES string of the molecule is Cc1cc(F)c(-c2ccc(CC[C@]3(c4ncccc4F)C[C@H](F)C3)nn2)cc1C(N)=O. The molecule has 8 heteroatoms. The number of primary amides is 1. The molecule has 0 spiro atoms. The second-order valence-corrected chi connectivity index (χ2v) is 8.04. The smallest absolute Gasteiger partial charge is 0.248 e. The fourth-order valence-electron chi connectivity index (χ4n) is 4.22. The van der Waals surface area contributed by atoms with E-state index < -0.39 is 29.1 Å². The van der Waals surface area contributed by atoms with Gasteiger partial charge in [-0.2, -0.15) is 10.2 Å². The van der Waals surface area contributed by atoms with Crippen LogP contribution in [-0.2, 0) is 11.8 Å². The van der Waals surface area contributed by atoms with Crippen LogP contribution in [-0.4, -0.2) is 27.3 Å². The Morgan fingerprint density at radius 3 is 2.55 bits per heavy atom. The number of aryl methyl sites for hydroxylation is 2. The normalized spacial score (nSPS) is 20.3. The first kappa shape index (κ1) is 21.0. The molecule has 1 aliphatic rings. The second-order valence-electron chi connectivity index (χ2n) is 8.04. The minimum atomic E-state index is -0.973. The molecule has 160 valence electrons. The van der Waals surface area contributed by atoms with Crippen molar-refractivity contribution in [1.82, 2.24) is 15.2 Å². The van der Waals surface area contributed by atoms with Crippen molar-refractivity contribution in [2.75, 3.05) is 0 Å². The van der Waals surface area contributed by atoms with E-state index in [0.717, 1.165) is 0 Å². The van der Waals surface area contributed by atoms with Crippen LogP contribution in [0.3, 0.4) is 0 Å². The minimum Gasteiger partial charge on any atom is -0.366 e. The first-order valence-corrected chi connectivity index (χ1v) is 9.97. The molecule has 0 saturated heterocycles. The maximum Gasteiger partial charge on any atom is 0.248 e. The third kappa shape index (κ3) is 4.02. The molecule has 2 N–H and O–H groups in total. The van der Waals surface area contributed by atoms with E-state index >= 15 is 0 Å². The van der Waals surface area contributed by atoms with E-state index in [0.29, 0.717) is 24.1 Å². The number of amides is 1. The topological polar surface area (TPSA) is 81.8 Å². The monoisotopic (exact) mass is 426 g/mol. The summed E-state index contributed by atoms with van der Waals surface area (Å²) in [5.41, 5.74) is 6.64. The van der Waals surface area contributed by atoms with Gasteiger partial charge in [0, 0.05) is 22.7 Å². The molecule has 0 radical (unpaired) electrons. The number of halogens is 3. The molecule has 0 atom stereocenters. The molecule has 0 aliphatic heterocycles. The summed E-state index contributed by atoms with van der Waals surface area (Å²) < 4.78 is 42.4. The van der Waals surface area contributed by atoms with Crippen LogP contribution in [0, 0.1) is 18.6 Å². The zero-order valence-electron chi connectivity index (χ0n) is 16.9. The van der Waals surface area contributed by atoms with Crippen LogP contribution in [0.25, 0.3) is 11.3 Å². The van der Waals surface area contributed by atoms with Crippen LogP contribution >= 0.6 is 0 Å². The van der Waals surface area contributed by atoms with Gasteiger partial charge in [-0.05, 0) is 74.6 Å². The Bertz CT molecular complexity index is 1130. The van der Waals surface area contributed by atoms with E-state index in [1.165, 1.54) is 30.5 Å². The molecule has 31 heavy (non-hydrogen) atoms. The number of rotatable bonds is 6. The van der Waals surface area contributed by atoms with Crippen LogP contribution in [0.4, 0.5) is 13.2 Å². The molecule has 1 saturated carbocycles. The van der Waals surface area contributed by atoms with Gasteiger partial charge in [-0.25, -0.2) is 13.2 Å². The van der Waals surface area contributed by atoms with Crippen LogP contribution in [0.2, 0.25) is 0 Å². The Kier molecular flexibility index (Phi) is 5.47. The zero-order chi connectivity index (χ0) is 22.2. The van der Waals surface area contributed by atoms with Crippen molar-refractivity contribution < 1.29 is 18.0 Å². The molecule has 4 rings (SSSR count). The number of hydrogen-bond donors (Lipinski definition) is 1. The fourth-order valence-corrected chi connectivity index (χ4v) is 4.22. The van der Waals surface area contributed by atoms with E-state index in [2.05, 4.69) is 15.2 Å². The quantitative estimate of drug-likeness (QED) is 0.640. The van der Waals surface area contributed by atoms with Gasteiger partial charge in [0.05, 0.1) is 17.1 Å². The van der Waals surface area contributed by atoms with Gasteiger partial charge in [-0.3, -0.25) is 9.78 Å². The highest BCUT2D eigenvalue weighted by Crippen LogP contribution is 2.48. The molecular formula is C23H21F3N4O. The third-order valence-corrected chi connectivity index (χ3v) is 5.92. The highest BCUT2D eigenvalue weighted by molar-refractivity contribution is 5.95. The van der Waals surface area contributed by atoms with Crippen molar-refractivity contribution in [2.45, 2.75) is 44.2 Å². The Hall–Kier alpha value is -3.29. The Balaban J connectivity index is 1.54. The lowest BCUT2D eigenvalue weighted by Gasteiger charge is -2.44. The van der Waals surface area contributed by atoms with Crippen molar-refractivity contribution in [3.8, 4) is 11.3 Å². The molecule has 0 bridgehead atoms. The second kappa shape index (κ2) is 8.09. The predicted octanol–water partition coefficient (Wildman–Crippen LogP) is 4.23. The zero-order valence-corrected chi connectivity index (χ0v) is 16.9. The molecule has 1 aromatic carbocycles. The maximum atomic E-state index is 14.4. The lowest BCUT2D eigenvalue weighted by Crippen LogP contribution is -2.44. The predicted molar refractivity (Wildman–Crippen MR) is 109 cm³/mol. The number of nitrogens with two attached hydrogens (primary N) is 1. The first-order valence-electron chi connectivity index (χ1n) is 9.97. The van der Waals surface area contributed by atoms with E-state index in [9.17, 15) is 18.0 Å². The first-order chi connectivity index (χ1) is 14.8. The van der Waals surface area contributed by atoms with Gasteiger partial charge in [-0.15, -0.1) is 0 Å². The number of benzene rings is 1. The number of carbonyl (C=O) groups is 1. The highest BCUT2D eigenvalue weighted by atomic mass is 19.1. The fraction of sp³-hybridized carbons (Fsp3) is 0.304. The summed E-state index contributed by atoms with van der Waals surface area (Å²) >= 11 is 0. The third-order valence-electron chi connectivity index (χ3n) is 5.92. The summed E-state index contributed by atoms with van der Waals surface area (Å²) in [5.74, 6) is -1.62. The van der Waals surface area contributed by atoms with Crippen molar-refractivity contribution >= 4 is 5.91 Å². The van der Waals surface area contributed by atoms with Gasteiger partial charge in [0.1, 0.15) is 17.8 Å². The van der Waals surface area contributed by atoms with Gasteiger partial charge in [-0.1, -0.05) is 0 Å². The van der Waals surface area contributed by atoms with Crippen LogP contribution in [0.15, 0.2) is 42.6 Å². The van der Waals surface area contributed by atoms with Gasteiger partial charge < -0.3 is 5.73 Å². The number of nitrogens with zero attached hydrogens (tertiary/aromatic N) is 3. The number of carbonyl (C=O) groups excluding carboxylic acids is 1. The van der Waals surface area contributed by atoms with Gasteiger partial charge in [0.25, 0.3) is 0 Å². The van der Waals surface area contributed by atoms with Crippen LogP contribution in [0.5, 0.6) is 0 Å². The molecule has 5 nitrogen and oxygen atoms in total. The van der Waals surface area contributed by atoms with Crippen molar-refractivity contribution in [3.63, 3.8) is 0 Å². The summed E-state index contributed by atoms with van der Waals surface area (Å²) in [4.78, 5) is 15.7.